The molecule has 0 atom stereocenters. The molecular weight excluding hydrogens is 291 g/mol. The first-order chi connectivity index (χ1) is 8.95. The first-order valence-electron chi connectivity index (χ1n) is 5.73. The van der Waals surface area contributed by atoms with Crippen LogP contribution in [-0.2, 0) is 0 Å². The Morgan fingerprint density at radius 1 is 1.26 bits per heavy atom. The fourth-order valence-electron chi connectivity index (χ4n) is 1.35. The third-order valence-corrected chi connectivity index (χ3v) is 2.94. The Balaban J connectivity index is 2.79. The Morgan fingerprint density at radius 2 is 1.84 bits per heavy atom. The number of benzene rings is 1. The van der Waals surface area contributed by atoms with Gasteiger partial charge in [0.25, 0.3) is 0 Å². The summed E-state index contributed by atoms with van der Waals surface area (Å²) in [5.74, 6) is -1.14. The zero-order valence-corrected chi connectivity index (χ0v) is 11.8. The van der Waals surface area contributed by atoms with Gasteiger partial charge in [0, 0.05) is 6.54 Å². The minimum absolute atomic E-state index is 0.0352. The summed E-state index contributed by atoms with van der Waals surface area (Å²) in [6.45, 7) is 2.56. The van der Waals surface area contributed by atoms with E-state index in [1.807, 2.05) is 6.92 Å². The van der Waals surface area contributed by atoms with Gasteiger partial charge in [-0.05, 0) is 18.6 Å². The number of carbonyl (C=O) groups is 2. The van der Waals surface area contributed by atoms with Crippen molar-refractivity contribution < 1.29 is 14.7 Å². The molecule has 3 N–H and O–H groups in total. The molecule has 0 fully saturated rings. The summed E-state index contributed by atoms with van der Waals surface area (Å²) in [6.07, 6.45) is 1.84. The van der Waals surface area contributed by atoms with Gasteiger partial charge in [-0.15, -0.1) is 0 Å². The lowest BCUT2D eigenvalue weighted by Crippen LogP contribution is -2.29. The number of unbranched alkanes of at least 4 members (excludes halogenated alkanes) is 1. The van der Waals surface area contributed by atoms with E-state index in [1.165, 1.54) is 12.1 Å². The van der Waals surface area contributed by atoms with Gasteiger partial charge in [-0.25, -0.2) is 9.59 Å². The lowest BCUT2D eigenvalue weighted by Gasteiger charge is -2.11. The topological polar surface area (TPSA) is 78.4 Å². The minimum Gasteiger partial charge on any atom is -0.478 e. The summed E-state index contributed by atoms with van der Waals surface area (Å²) in [4.78, 5) is 22.4. The van der Waals surface area contributed by atoms with Gasteiger partial charge in [0.1, 0.15) is 0 Å². The average Bonchev–Trinajstić information content (AvgIpc) is 2.33. The zero-order valence-electron chi connectivity index (χ0n) is 10.3. The molecule has 104 valence electrons. The molecule has 0 saturated heterocycles. The summed E-state index contributed by atoms with van der Waals surface area (Å²) in [7, 11) is 0. The number of hydrogen-bond acceptors (Lipinski definition) is 2. The van der Waals surface area contributed by atoms with E-state index in [0.717, 1.165) is 12.8 Å². The maximum absolute atomic E-state index is 11.6. The number of nitrogens with one attached hydrogen (secondary N) is 2. The van der Waals surface area contributed by atoms with Crippen LogP contribution in [0.5, 0.6) is 0 Å². The van der Waals surface area contributed by atoms with Gasteiger partial charge < -0.3 is 15.7 Å². The normalized spacial score (nSPS) is 10.1. The van der Waals surface area contributed by atoms with Crippen molar-refractivity contribution in [1.29, 1.82) is 0 Å². The molecule has 2 amide bonds. The van der Waals surface area contributed by atoms with Crippen molar-refractivity contribution in [2.24, 2.45) is 0 Å². The summed E-state index contributed by atoms with van der Waals surface area (Å²) < 4.78 is 0. The van der Waals surface area contributed by atoms with Crippen molar-refractivity contribution >= 4 is 40.9 Å². The molecule has 1 aromatic carbocycles. The van der Waals surface area contributed by atoms with Gasteiger partial charge in [-0.3, -0.25) is 0 Å². The molecule has 0 unspecified atom stereocenters. The van der Waals surface area contributed by atoms with Crippen molar-refractivity contribution in [3.63, 3.8) is 0 Å². The number of halogens is 2. The van der Waals surface area contributed by atoms with Gasteiger partial charge in [0.15, 0.2) is 0 Å². The fourth-order valence-corrected chi connectivity index (χ4v) is 1.93. The molecule has 1 aromatic rings. The van der Waals surface area contributed by atoms with Gasteiger partial charge in [-0.1, -0.05) is 36.5 Å². The van der Waals surface area contributed by atoms with E-state index in [2.05, 4.69) is 10.6 Å². The number of carboxylic acids is 1. The summed E-state index contributed by atoms with van der Waals surface area (Å²) in [5.41, 5.74) is 0.161. The van der Waals surface area contributed by atoms with Crippen molar-refractivity contribution in [3.8, 4) is 0 Å². The first kappa shape index (κ1) is 15.6. The Bertz CT molecular complexity index is 469. The largest absolute Gasteiger partial charge is 0.478 e. The standard InChI is InChI=1S/C12H14Cl2N2O3/c1-2-3-4-15-12(19)16-10-8(13)5-7(11(17)18)6-9(10)14/h5-6H,2-4H2,1H3,(H,17,18)(H2,15,16,19). The smallest absolute Gasteiger partial charge is 0.335 e. The van der Waals surface area contributed by atoms with E-state index >= 15 is 0 Å². The lowest BCUT2D eigenvalue weighted by molar-refractivity contribution is 0.0697. The third kappa shape index (κ3) is 4.61. The number of urea groups is 1. The summed E-state index contributed by atoms with van der Waals surface area (Å²) in [6, 6.07) is 2.04. The predicted molar refractivity (Wildman–Crippen MR) is 75.4 cm³/mol. The highest BCUT2D eigenvalue weighted by molar-refractivity contribution is 6.40. The molecule has 0 spiro atoms. The van der Waals surface area contributed by atoms with Crippen LogP contribution in [0.25, 0.3) is 0 Å². The number of carboxylic acid groups (broad SMARTS) is 1. The van der Waals surface area contributed by atoms with Crippen molar-refractivity contribution in [1.82, 2.24) is 5.32 Å². The van der Waals surface area contributed by atoms with Crippen LogP contribution in [0.15, 0.2) is 12.1 Å². The second-order valence-corrected chi connectivity index (χ2v) is 4.67. The number of aromatic carboxylic acids is 1. The highest BCUT2D eigenvalue weighted by Gasteiger charge is 2.14. The van der Waals surface area contributed by atoms with Gasteiger partial charge in [-0.2, -0.15) is 0 Å². The lowest BCUT2D eigenvalue weighted by atomic mass is 10.2. The highest BCUT2D eigenvalue weighted by Crippen LogP contribution is 2.31. The number of carbonyl (C=O) groups excluding carboxylic acids is 1. The quantitative estimate of drug-likeness (QED) is 0.727. The first-order valence-corrected chi connectivity index (χ1v) is 6.48. The molecule has 0 aliphatic heterocycles. The van der Waals surface area contributed by atoms with Crippen LogP contribution in [0.4, 0.5) is 10.5 Å². The van der Waals surface area contributed by atoms with E-state index in [4.69, 9.17) is 28.3 Å². The van der Waals surface area contributed by atoms with Crippen molar-refractivity contribution in [2.75, 3.05) is 11.9 Å². The molecule has 7 heteroatoms. The van der Waals surface area contributed by atoms with Crippen LogP contribution in [-0.4, -0.2) is 23.7 Å². The highest BCUT2D eigenvalue weighted by atomic mass is 35.5. The molecule has 0 heterocycles. The van der Waals surface area contributed by atoms with Crippen LogP contribution in [0.3, 0.4) is 0 Å². The molecule has 0 saturated carbocycles. The van der Waals surface area contributed by atoms with E-state index in [1.54, 1.807) is 0 Å². The Morgan fingerprint density at radius 3 is 2.32 bits per heavy atom. The molecule has 1 rings (SSSR count). The van der Waals surface area contributed by atoms with Crippen LogP contribution >= 0.6 is 23.2 Å². The molecule has 0 aromatic heterocycles. The van der Waals surface area contributed by atoms with Gasteiger partial charge >= 0.3 is 12.0 Å². The summed E-state index contributed by atoms with van der Waals surface area (Å²) in [5, 5.41) is 14.1. The van der Waals surface area contributed by atoms with Crippen LogP contribution in [0, 0.1) is 0 Å². The SMILES string of the molecule is CCCCNC(=O)Nc1c(Cl)cc(C(=O)O)cc1Cl. The Labute approximate surface area is 120 Å². The van der Waals surface area contributed by atoms with E-state index in [9.17, 15) is 9.59 Å². The Hall–Kier alpha value is -1.46. The van der Waals surface area contributed by atoms with E-state index in [-0.39, 0.29) is 21.3 Å². The second-order valence-electron chi connectivity index (χ2n) is 3.85. The van der Waals surface area contributed by atoms with Crippen LogP contribution in [0.2, 0.25) is 10.0 Å². The molecule has 19 heavy (non-hydrogen) atoms. The number of hydrogen-bond donors (Lipinski definition) is 3. The van der Waals surface area contributed by atoms with Gasteiger partial charge in [0.2, 0.25) is 0 Å². The van der Waals surface area contributed by atoms with E-state index in [0.29, 0.717) is 6.54 Å². The maximum atomic E-state index is 11.6. The molecular formula is C12H14Cl2N2O3. The number of rotatable bonds is 5. The summed E-state index contributed by atoms with van der Waals surface area (Å²) >= 11 is 11.8. The van der Waals surface area contributed by atoms with E-state index < -0.39 is 12.0 Å². The molecule has 0 bridgehead atoms. The fraction of sp³-hybridized carbons (Fsp3) is 0.333. The molecule has 0 radical (unpaired) electrons. The average molecular weight is 305 g/mol. The number of amides is 2. The molecule has 5 nitrogen and oxygen atoms in total. The van der Waals surface area contributed by atoms with Crippen LogP contribution < -0.4 is 10.6 Å². The Kier molecular flexibility index (Phi) is 5.92. The van der Waals surface area contributed by atoms with Crippen LogP contribution in [0.1, 0.15) is 30.1 Å². The third-order valence-electron chi connectivity index (χ3n) is 2.34. The maximum Gasteiger partial charge on any atom is 0.335 e. The molecule has 0 aliphatic carbocycles. The number of anilines is 1. The molecule has 0 aliphatic rings. The zero-order chi connectivity index (χ0) is 14.4. The predicted octanol–water partition coefficient (Wildman–Crippen LogP) is 3.61. The van der Waals surface area contributed by atoms with Crippen molar-refractivity contribution in [2.45, 2.75) is 19.8 Å². The van der Waals surface area contributed by atoms with Crippen molar-refractivity contribution in [3.05, 3.63) is 27.7 Å². The minimum atomic E-state index is -1.14. The second kappa shape index (κ2) is 7.21. The van der Waals surface area contributed by atoms with Gasteiger partial charge in [0.05, 0.1) is 21.3 Å². The monoisotopic (exact) mass is 304 g/mol.